The van der Waals surface area contributed by atoms with Gasteiger partial charge in [-0.25, -0.2) is 8.42 Å². The summed E-state index contributed by atoms with van der Waals surface area (Å²) in [4.78, 5) is 13.3. The van der Waals surface area contributed by atoms with Crippen LogP contribution in [0.1, 0.15) is 43.0 Å². The molecule has 0 aliphatic rings. The number of ether oxygens (including phenoxy) is 1. The Kier molecular flexibility index (Phi) is 8.97. The van der Waals surface area contributed by atoms with Crippen LogP contribution in [-0.4, -0.2) is 27.5 Å². The highest BCUT2D eigenvalue weighted by atomic mass is 79.9. The van der Waals surface area contributed by atoms with E-state index in [1.54, 1.807) is 36.4 Å². The molecule has 0 radical (unpaired) electrons. The summed E-state index contributed by atoms with van der Waals surface area (Å²) in [6, 6.07) is 18.9. The monoisotopic (exact) mass is 558 g/mol. The first-order valence-electron chi connectivity index (χ1n) is 11.5. The van der Waals surface area contributed by atoms with E-state index in [0.717, 1.165) is 25.5 Å². The minimum atomic E-state index is -4.00. The highest BCUT2D eigenvalue weighted by Crippen LogP contribution is 2.27. The molecule has 1 amide bonds. The first-order chi connectivity index (χ1) is 16.6. The van der Waals surface area contributed by atoms with Crippen molar-refractivity contribution in [1.29, 1.82) is 0 Å². The van der Waals surface area contributed by atoms with Crippen LogP contribution in [0, 0.1) is 13.8 Å². The third-order valence-corrected chi connectivity index (χ3v) is 7.99. The minimum absolute atomic E-state index is 0.101. The van der Waals surface area contributed by atoms with E-state index in [0.29, 0.717) is 24.5 Å². The van der Waals surface area contributed by atoms with E-state index in [1.807, 2.05) is 39.8 Å². The number of anilines is 1. The number of hydrogen-bond acceptors (Lipinski definition) is 4. The maximum Gasteiger partial charge on any atom is 0.264 e. The van der Waals surface area contributed by atoms with Crippen LogP contribution in [0.25, 0.3) is 0 Å². The number of sulfonamides is 1. The molecule has 0 aromatic heterocycles. The first-order valence-corrected chi connectivity index (χ1v) is 13.8. The zero-order chi connectivity index (χ0) is 25.6. The molecule has 8 heteroatoms. The number of amides is 1. The largest absolute Gasteiger partial charge is 0.494 e. The van der Waals surface area contributed by atoms with E-state index in [9.17, 15) is 13.2 Å². The van der Waals surface area contributed by atoms with Crippen molar-refractivity contribution in [2.24, 2.45) is 0 Å². The Bertz CT molecular complexity index is 1260. The highest BCUT2D eigenvalue weighted by molar-refractivity contribution is 9.10. The van der Waals surface area contributed by atoms with Gasteiger partial charge in [0.25, 0.3) is 10.0 Å². The molecule has 0 saturated heterocycles. The van der Waals surface area contributed by atoms with Crippen molar-refractivity contribution in [2.75, 3.05) is 17.5 Å². The molecular formula is C27H31BrN2O4S. The molecule has 6 nitrogen and oxygen atoms in total. The molecule has 3 aromatic carbocycles. The summed E-state index contributed by atoms with van der Waals surface area (Å²) in [5, 5.41) is 3.03. The van der Waals surface area contributed by atoms with Crippen LogP contribution in [0.5, 0.6) is 5.75 Å². The van der Waals surface area contributed by atoms with E-state index in [1.165, 1.54) is 12.1 Å². The molecule has 3 aromatic rings. The fourth-order valence-electron chi connectivity index (χ4n) is 3.91. The average molecular weight is 560 g/mol. The zero-order valence-corrected chi connectivity index (χ0v) is 22.8. The normalized spacial score (nSPS) is 12.1. The molecule has 0 aliphatic carbocycles. The molecule has 0 fully saturated rings. The number of rotatable bonds is 10. The molecule has 1 atom stereocenters. The van der Waals surface area contributed by atoms with E-state index in [-0.39, 0.29) is 23.4 Å². The number of halogens is 1. The molecule has 0 bridgehead atoms. The molecule has 0 saturated carbocycles. The number of carbonyl (C=O) groups excluding carboxylic acids is 1. The van der Waals surface area contributed by atoms with Gasteiger partial charge in [-0.15, -0.1) is 0 Å². The summed E-state index contributed by atoms with van der Waals surface area (Å²) in [6.45, 7) is 8.06. The van der Waals surface area contributed by atoms with Gasteiger partial charge >= 0.3 is 0 Å². The number of nitrogens with one attached hydrogen (secondary N) is 1. The molecule has 0 heterocycles. The van der Waals surface area contributed by atoms with Gasteiger partial charge in [0.05, 0.1) is 23.2 Å². The van der Waals surface area contributed by atoms with Crippen LogP contribution in [0.2, 0.25) is 0 Å². The Hall–Kier alpha value is -2.84. The van der Waals surface area contributed by atoms with Gasteiger partial charge in [-0.2, -0.15) is 0 Å². The standard InChI is InChI=1S/C27H31BrN2O4S/c1-5-26(25-16-7-19(3)17-20(25)4)29-27(31)18-30(22-10-12-23(13-11-22)34-6-2)35(32,33)24-14-8-21(28)9-15-24/h7-17,26H,5-6,18H2,1-4H3,(H,29,31). The van der Waals surface area contributed by atoms with E-state index >= 15 is 0 Å². The van der Waals surface area contributed by atoms with Crippen molar-refractivity contribution in [3.8, 4) is 5.75 Å². The van der Waals surface area contributed by atoms with Crippen LogP contribution in [0.4, 0.5) is 5.69 Å². The van der Waals surface area contributed by atoms with Crippen molar-refractivity contribution in [1.82, 2.24) is 5.32 Å². The summed E-state index contributed by atoms with van der Waals surface area (Å²) in [7, 11) is -4.00. The van der Waals surface area contributed by atoms with Crippen LogP contribution in [0.3, 0.4) is 0 Å². The predicted octanol–water partition coefficient (Wildman–Crippen LogP) is 5.93. The summed E-state index contributed by atoms with van der Waals surface area (Å²) < 4.78 is 34.6. The van der Waals surface area contributed by atoms with Gasteiger partial charge in [-0.3, -0.25) is 9.10 Å². The van der Waals surface area contributed by atoms with Gasteiger partial charge in [0.15, 0.2) is 0 Å². The molecule has 186 valence electrons. The molecular weight excluding hydrogens is 528 g/mol. The van der Waals surface area contributed by atoms with Gasteiger partial charge in [0.1, 0.15) is 12.3 Å². The Labute approximate surface area is 216 Å². The Morgan fingerprint density at radius 2 is 1.66 bits per heavy atom. The maximum absolute atomic E-state index is 13.6. The lowest BCUT2D eigenvalue weighted by Gasteiger charge is -2.26. The third kappa shape index (κ3) is 6.64. The van der Waals surface area contributed by atoms with Crippen LogP contribution in [-0.2, 0) is 14.8 Å². The number of hydrogen-bond donors (Lipinski definition) is 1. The van der Waals surface area contributed by atoms with E-state index < -0.39 is 10.0 Å². The minimum Gasteiger partial charge on any atom is -0.494 e. The fraction of sp³-hybridized carbons (Fsp3) is 0.296. The third-order valence-electron chi connectivity index (χ3n) is 5.67. The van der Waals surface area contributed by atoms with E-state index in [4.69, 9.17) is 4.74 Å². The Morgan fingerprint density at radius 1 is 1.00 bits per heavy atom. The van der Waals surface area contributed by atoms with Crippen molar-refractivity contribution in [3.05, 3.63) is 87.9 Å². The van der Waals surface area contributed by atoms with Crippen LogP contribution < -0.4 is 14.4 Å². The molecule has 1 unspecified atom stereocenters. The van der Waals surface area contributed by atoms with Crippen molar-refractivity contribution in [2.45, 2.75) is 45.1 Å². The fourth-order valence-corrected chi connectivity index (χ4v) is 5.60. The van der Waals surface area contributed by atoms with Crippen LogP contribution in [0.15, 0.2) is 76.1 Å². The molecule has 3 rings (SSSR count). The van der Waals surface area contributed by atoms with Gasteiger partial charge in [0.2, 0.25) is 5.91 Å². The second kappa shape index (κ2) is 11.7. The topological polar surface area (TPSA) is 75.7 Å². The lowest BCUT2D eigenvalue weighted by molar-refractivity contribution is -0.120. The van der Waals surface area contributed by atoms with Gasteiger partial charge < -0.3 is 10.1 Å². The second-order valence-corrected chi connectivity index (χ2v) is 11.1. The summed E-state index contributed by atoms with van der Waals surface area (Å²) >= 11 is 3.34. The number of benzene rings is 3. The summed E-state index contributed by atoms with van der Waals surface area (Å²) in [6.07, 6.45) is 0.679. The summed E-state index contributed by atoms with van der Waals surface area (Å²) in [5.74, 6) is 0.244. The second-order valence-electron chi connectivity index (χ2n) is 8.28. The zero-order valence-electron chi connectivity index (χ0n) is 20.4. The lowest BCUT2D eigenvalue weighted by Crippen LogP contribution is -2.42. The Morgan fingerprint density at radius 3 is 2.23 bits per heavy atom. The lowest BCUT2D eigenvalue weighted by atomic mass is 9.97. The van der Waals surface area contributed by atoms with Gasteiger partial charge in [-0.05, 0) is 86.8 Å². The number of aryl methyl sites for hydroxylation is 2. The summed E-state index contributed by atoms with van der Waals surface area (Å²) in [5.41, 5.74) is 3.64. The predicted molar refractivity (Wildman–Crippen MR) is 143 cm³/mol. The average Bonchev–Trinajstić information content (AvgIpc) is 2.82. The van der Waals surface area contributed by atoms with Crippen molar-refractivity contribution < 1.29 is 17.9 Å². The van der Waals surface area contributed by atoms with Gasteiger partial charge in [-0.1, -0.05) is 46.6 Å². The molecule has 0 spiro atoms. The number of nitrogens with zero attached hydrogens (tertiary/aromatic N) is 1. The molecule has 1 N–H and O–H groups in total. The highest BCUT2D eigenvalue weighted by Gasteiger charge is 2.28. The van der Waals surface area contributed by atoms with Gasteiger partial charge in [0, 0.05) is 4.47 Å². The van der Waals surface area contributed by atoms with Crippen molar-refractivity contribution in [3.63, 3.8) is 0 Å². The van der Waals surface area contributed by atoms with Crippen molar-refractivity contribution >= 4 is 37.5 Å². The maximum atomic E-state index is 13.6. The van der Waals surface area contributed by atoms with Crippen LogP contribution >= 0.6 is 15.9 Å². The number of carbonyl (C=O) groups is 1. The quantitative estimate of drug-likeness (QED) is 0.334. The first kappa shape index (κ1) is 26.8. The smallest absolute Gasteiger partial charge is 0.264 e. The molecule has 0 aliphatic heterocycles. The SMILES string of the molecule is CCOc1ccc(N(CC(=O)NC(CC)c2ccc(C)cc2C)S(=O)(=O)c2ccc(Br)cc2)cc1. The van der Waals surface area contributed by atoms with E-state index in [2.05, 4.69) is 27.3 Å². The Balaban J connectivity index is 1.92. The molecule has 35 heavy (non-hydrogen) atoms.